The van der Waals surface area contributed by atoms with E-state index in [1.807, 2.05) is 4.90 Å². The number of hydrogen-bond donors (Lipinski definition) is 1. The summed E-state index contributed by atoms with van der Waals surface area (Å²) in [7, 11) is -3.62. The lowest BCUT2D eigenvalue weighted by Gasteiger charge is -2.35. The zero-order chi connectivity index (χ0) is 23.4. The molecule has 1 N–H and O–H groups in total. The van der Waals surface area contributed by atoms with Crippen LogP contribution in [-0.2, 0) is 14.8 Å². The Morgan fingerprint density at radius 2 is 1.55 bits per heavy atom. The van der Waals surface area contributed by atoms with Gasteiger partial charge in [-0.05, 0) is 48.6 Å². The zero-order valence-corrected chi connectivity index (χ0v) is 19.4. The molecule has 2 aromatic rings. The van der Waals surface area contributed by atoms with Crippen LogP contribution >= 0.6 is 12.2 Å². The van der Waals surface area contributed by atoms with Crippen LogP contribution < -0.4 is 5.32 Å². The van der Waals surface area contributed by atoms with Crippen LogP contribution in [0.2, 0.25) is 0 Å². The fourth-order valence-corrected chi connectivity index (χ4v) is 5.31. The van der Waals surface area contributed by atoms with Crippen LogP contribution in [0.15, 0.2) is 52.0 Å². The molecule has 2 aliphatic rings. The second kappa shape index (κ2) is 10.00. The maximum Gasteiger partial charge on any atom is 0.289 e. The van der Waals surface area contributed by atoms with Crippen molar-refractivity contribution >= 4 is 39.2 Å². The minimum Gasteiger partial charge on any atom is -0.459 e. The van der Waals surface area contributed by atoms with Crippen LogP contribution in [0.5, 0.6) is 0 Å². The lowest BCUT2D eigenvalue weighted by molar-refractivity contribution is 0.0657. The number of carbonyl (C=O) groups is 2. The molecule has 3 heterocycles. The van der Waals surface area contributed by atoms with Crippen LogP contribution in [0.4, 0.5) is 0 Å². The Balaban J connectivity index is 1.31. The number of carbonyl (C=O) groups excluding carboxylic acids is 2. The molecule has 0 aliphatic carbocycles. The van der Waals surface area contributed by atoms with Gasteiger partial charge < -0.3 is 19.0 Å². The van der Waals surface area contributed by atoms with Crippen molar-refractivity contribution in [3.8, 4) is 0 Å². The number of rotatable bonds is 4. The standard InChI is InChI=1S/C21H24N4O6S2/c26-19(16-3-5-17(6-4-16)33(28,29)25-11-14-30-15-12-25)22-21(32)24-9-7-23(8-10-24)20(27)18-2-1-13-31-18/h1-6,13H,7-12,14-15H2,(H,22,26,32). The van der Waals surface area contributed by atoms with Crippen molar-refractivity contribution < 1.29 is 27.2 Å². The van der Waals surface area contributed by atoms with Crippen molar-refractivity contribution in [3.05, 3.63) is 54.0 Å². The van der Waals surface area contributed by atoms with Crippen molar-refractivity contribution in [1.29, 1.82) is 0 Å². The number of benzene rings is 1. The summed E-state index contributed by atoms with van der Waals surface area (Å²) in [5.41, 5.74) is 0.296. The summed E-state index contributed by atoms with van der Waals surface area (Å²) in [5.74, 6) is -0.315. The first-order valence-electron chi connectivity index (χ1n) is 10.5. The summed E-state index contributed by atoms with van der Waals surface area (Å²) in [6.45, 7) is 3.18. The molecule has 0 bridgehead atoms. The quantitative estimate of drug-likeness (QED) is 0.623. The highest BCUT2D eigenvalue weighted by molar-refractivity contribution is 7.89. The van der Waals surface area contributed by atoms with Crippen molar-refractivity contribution in [2.45, 2.75) is 4.90 Å². The number of furan rings is 1. The number of amides is 2. The highest BCUT2D eigenvalue weighted by Crippen LogP contribution is 2.18. The first-order chi connectivity index (χ1) is 15.9. The van der Waals surface area contributed by atoms with Crippen LogP contribution in [0.1, 0.15) is 20.9 Å². The van der Waals surface area contributed by atoms with E-state index in [2.05, 4.69) is 5.32 Å². The van der Waals surface area contributed by atoms with Gasteiger partial charge in [-0.1, -0.05) is 0 Å². The van der Waals surface area contributed by atoms with Crippen molar-refractivity contribution in [3.63, 3.8) is 0 Å². The number of nitrogens with one attached hydrogen (secondary N) is 1. The topological polar surface area (TPSA) is 112 Å². The van der Waals surface area contributed by atoms with Gasteiger partial charge in [0.05, 0.1) is 24.4 Å². The molecular formula is C21H24N4O6S2. The number of hydrogen-bond acceptors (Lipinski definition) is 7. The van der Waals surface area contributed by atoms with Gasteiger partial charge in [0, 0.05) is 44.8 Å². The van der Waals surface area contributed by atoms with Gasteiger partial charge in [0.25, 0.3) is 11.8 Å². The Bertz CT molecular complexity index is 1100. The molecule has 1 aromatic heterocycles. The molecule has 0 spiro atoms. The molecule has 2 saturated heterocycles. The summed E-state index contributed by atoms with van der Waals surface area (Å²) in [6.07, 6.45) is 1.46. The first-order valence-corrected chi connectivity index (χ1v) is 12.3. The van der Waals surface area contributed by atoms with Gasteiger partial charge in [-0.15, -0.1) is 0 Å². The second-order valence-electron chi connectivity index (χ2n) is 7.56. The lowest BCUT2D eigenvalue weighted by atomic mass is 10.2. The molecule has 1 aromatic carbocycles. The summed E-state index contributed by atoms with van der Waals surface area (Å²) >= 11 is 5.36. The maximum atomic E-state index is 12.7. The summed E-state index contributed by atoms with van der Waals surface area (Å²) in [4.78, 5) is 28.6. The monoisotopic (exact) mass is 492 g/mol. The molecule has 12 heteroatoms. The minimum absolute atomic E-state index is 0.126. The van der Waals surface area contributed by atoms with E-state index in [1.54, 1.807) is 17.0 Å². The smallest absolute Gasteiger partial charge is 0.289 e. The highest BCUT2D eigenvalue weighted by atomic mass is 32.2. The molecule has 4 rings (SSSR count). The van der Waals surface area contributed by atoms with E-state index in [-0.39, 0.29) is 15.9 Å². The Labute approximate surface area is 197 Å². The molecular weight excluding hydrogens is 468 g/mol. The van der Waals surface area contributed by atoms with Crippen LogP contribution in [0, 0.1) is 0 Å². The number of sulfonamides is 1. The maximum absolute atomic E-state index is 12.7. The third-order valence-corrected chi connectivity index (χ3v) is 7.80. The first kappa shape index (κ1) is 23.4. The summed E-state index contributed by atoms with van der Waals surface area (Å²) in [5, 5.41) is 2.94. The van der Waals surface area contributed by atoms with Gasteiger partial charge in [0.1, 0.15) is 0 Å². The number of ether oxygens (including phenoxy) is 1. The van der Waals surface area contributed by atoms with E-state index in [9.17, 15) is 18.0 Å². The molecule has 2 amide bonds. The van der Waals surface area contributed by atoms with Crippen molar-refractivity contribution in [1.82, 2.24) is 19.4 Å². The normalized spacial score (nSPS) is 17.6. The van der Waals surface area contributed by atoms with E-state index in [0.29, 0.717) is 63.8 Å². The predicted molar refractivity (Wildman–Crippen MR) is 122 cm³/mol. The Kier molecular flexibility index (Phi) is 7.08. The largest absolute Gasteiger partial charge is 0.459 e. The number of nitrogens with zero attached hydrogens (tertiary/aromatic N) is 3. The number of morpholine rings is 1. The van der Waals surface area contributed by atoms with Gasteiger partial charge in [0.15, 0.2) is 10.9 Å². The fourth-order valence-electron chi connectivity index (χ4n) is 3.63. The van der Waals surface area contributed by atoms with Gasteiger partial charge in [0.2, 0.25) is 10.0 Å². The summed E-state index contributed by atoms with van der Waals surface area (Å²) in [6, 6.07) is 9.05. The van der Waals surface area contributed by atoms with Crippen LogP contribution in [-0.4, -0.2) is 91.9 Å². The molecule has 2 fully saturated rings. The van der Waals surface area contributed by atoms with Gasteiger partial charge in [-0.2, -0.15) is 4.31 Å². The SMILES string of the molecule is O=C(NC(=S)N1CCN(C(=O)c2ccco2)CC1)c1ccc(S(=O)(=O)N2CCOCC2)cc1. The third-order valence-electron chi connectivity index (χ3n) is 5.53. The average Bonchev–Trinajstić information content (AvgIpc) is 3.39. The van der Waals surface area contributed by atoms with Crippen LogP contribution in [0.25, 0.3) is 0 Å². The molecule has 0 unspecified atom stereocenters. The average molecular weight is 493 g/mol. The third kappa shape index (κ3) is 5.24. The van der Waals surface area contributed by atoms with E-state index < -0.39 is 15.9 Å². The molecule has 0 saturated carbocycles. The molecule has 33 heavy (non-hydrogen) atoms. The zero-order valence-electron chi connectivity index (χ0n) is 17.8. The second-order valence-corrected chi connectivity index (χ2v) is 9.88. The van der Waals surface area contributed by atoms with Crippen molar-refractivity contribution in [2.75, 3.05) is 52.5 Å². The predicted octanol–water partition coefficient (Wildman–Crippen LogP) is 0.773. The molecule has 176 valence electrons. The Morgan fingerprint density at radius 1 is 0.909 bits per heavy atom. The Morgan fingerprint density at radius 3 is 2.15 bits per heavy atom. The molecule has 2 aliphatic heterocycles. The minimum atomic E-state index is -3.62. The number of piperazine rings is 1. The van der Waals surface area contributed by atoms with Gasteiger partial charge in [-0.25, -0.2) is 8.42 Å². The lowest BCUT2D eigenvalue weighted by Crippen LogP contribution is -2.53. The van der Waals surface area contributed by atoms with E-state index in [1.165, 1.54) is 34.8 Å². The van der Waals surface area contributed by atoms with E-state index in [4.69, 9.17) is 21.4 Å². The Hall–Kier alpha value is -2.80. The van der Waals surface area contributed by atoms with Crippen LogP contribution in [0.3, 0.4) is 0 Å². The molecule has 0 atom stereocenters. The molecule has 10 nitrogen and oxygen atoms in total. The van der Waals surface area contributed by atoms with Gasteiger partial charge in [-0.3, -0.25) is 14.9 Å². The fraction of sp³-hybridized carbons (Fsp3) is 0.381. The number of thiocarbonyl (C=S) groups is 1. The van der Waals surface area contributed by atoms with E-state index >= 15 is 0 Å². The van der Waals surface area contributed by atoms with E-state index in [0.717, 1.165) is 0 Å². The summed E-state index contributed by atoms with van der Waals surface area (Å²) < 4.78 is 37.2. The highest BCUT2D eigenvalue weighted by Gasteiger charge is 2.27. The van der Waals surface area contributed by atoms with Crippen molar-refractivity contribution in [2.24, 2.45) is 0 Å². The van der Waals surface area contributed by atoms with Gasteiger partial charge >= 0.3 is 0 Å². The molecule has 0 radical (unpaired) electrons.